The first-order valence-corrected chi connectivity index (χ1v) is 11.8. The highest BCUT2D eigenvalue weighted by molar-refractivity contribution is 6.79. The SMILES string of the molecule is CCCC[Si](CCCC)(CCCC)CCCCCN. The maximum absolute atomic E-state index is 5.63. The highest BCUT2D eigenvalue weighted by atomic mass is 28.3. The summed E-state index contributed by atoms with van der Waals surface area (Å²) in [5, 5.41) is 0. The maximum Gasteiger partial charge on any atom is 0.0535 e. The van der Waals surface area contributed by atoms with Gasteiger partial charge in [-0.2, -0.15) is 0 Å². The molecular formula is C17H39NSi. The van der Waals surface area contributed by atoms with E-state index in [1.54, 1.807) is 24.2 Å². The highest BCUT2D eigenvalue weighted by Gasteiger charge is 2.29. The number of rotatable bonds is 14. The van der Waals surface area contributed by atoms with Gasteiger partial charge in [-0.25, -0.2) is 0 Å². The molecule has 0 aliphatic rings. The third-order valence-electron chi connectivity index (χ3n) is 4.59. The van der Waals surface area contributed by atoms with Crippen molar-refractivity contribution in [1.29, 1.82) is 0 Å². The quantitative estimate of drug-likeness (QED) is 0.309. The predicted octanol–water partition coefficient (Wildman–Crippen LogP) is 5.96. The Labute approximate surface area is 123 Å². The van der Waals surface area contributed by atoms with E-state index in [0.717, 1.165) is 6.54 Å². The van der Waals surface area contributed by atoms with E-state index in [4.69, 9.17) is 5.73 Å². The molecule has 0 aliphatic carbocycles. The van der Waals surface area contributed by atoms with E-state index in [1.165, 1.54) is 57.8 Å². The molecule has 0 aromatic heterocycles. The molecule has 0 unspecified atom stereocenters. The molecule has 0 bridgehead atoms. The topological polar surface area (TPSA) is 26.0 Å². The zero-order valence-electron chi connectivity index (χ0n) is 14.0. The molecule has 0 heterocycles. The average molecular weight is 286 g/mol. The van der Waals surface area contributed by atoms with Crippen LogP contribution in [0.1, 0.15) is 78.6 Å². The normalized spacial score (nSPS) is 12.0. The van der Waals surface area contributed by atoms with Gasteiger partial charge in [-0.05, 0) is 13.0 Å². The summed E-state index contributed by atoms with van der Waals surface area (Å²) in [6.45, 7) is 7.95. The molecule has 0 spiro atoms. The Morgan fingerprint density at radius 3 is 1.37 bits per heavy atom. The monoisotopic (exact) mass is 285 g/mol. The van der Waals surface area contributed by atoms with Crippen molar-refractivity contribution in [2.75, 3.05) is 6.54 Å². The number of hydrogen-bond donors (Lipinski definition) is 1. The molecule has 0 aliphatic heterocycles. The van der Waals surface area contributed by atoms with Crippen molar-refractivity contribution in [3.8, 4) is 0 Å². The van der Waals surface area contributed by atoms with Crippen molar-refractivity contribution in [2.45, 2.75) is 103 Å². The Balaban J connectivity index is 4.38. The molecule has 2 heteroatoms. The summed E-state index contributed by atoms with van der Waals surface area (Å²) in [7, 11) is -0.949. The molecule has 0 rings (SSSR count). The second-order valence-electron chi connectivity index (χ2n) is 6.41. The first kappa shape index (κ1) is 19.2. The molecule has 19 heavy (non-hydrogen) atoms. The van der Waals surface area contributed by atoms with Crippen LogP contribution in [0.25, 0.3) is 0 Å². The molecule has 0 atom stereocenters. The van der Waals surface area contributed by atoms with Crippen LogP contribution in [-0.2, 0) is 0 Å². The lowest BCUT2D eigenvalue weighted by molar-refractivity contribution is 0.703. The van der Waals surface area contributed by atoms with Gasteiger partial charge in [-0.1, -0.05) is 96.3 Å². The van der Waals surface area contributed by atoms with Crippen LogP contribution in [0.2, 0.25) is 24.2 Å². The lowest BCUT2D eigenvalue weighted by Crippen LogP contribution is -2.33. The second kappa shape index (κ2) is 13.2. The largest absolute Gasteiger partial charge is 0.330 e. The summed E-state index contributed by atoms with van der Waals surface area (Å²) in [6, 6.07) is 6.40. The fourth-order valence-corrected chi connectivity index (χ4v) is 9.04. The van der Waals surface area contributed by atoms with E-state index >= 15 is 0 Å². The molecule has 1 nitrogen and oxygen atoms in total. The lowest BCUT2D eigenvalue weighted by Gasteiger charge is -2.32. The summed E-state index contributed by atoms with van der Waals surface area (Å²) in [5.41, 5.74) is 5.63. The van der Waals surface area contributed by atoms with Crippen LogP contribution in [0.15, 0.2) is 0 Å². The van der Waals surface area contributed by atoms with E-state index < -0.39 is 8.07 Å². The molecule has 0 radical (unpaired) electrons. The molecular weight excluding hydrogens is 246 g/mol. The summed E-state index contributed by atoms with van der Waals surface area (Å²) in [4.78, 5) is 0. The van der Waals surface area contributed by atoms with Gasteiger partial charge in [0, 0.05) is 0 Å². The smallest absolute Gasteiger partial charge is 0.0535 e. The zero-order valence-corrected chi connectivity index (χ0v) is 15.0. The van der Waals surface area contributed by atoms with Gasteiger partial charge >= 0.3 is 0 Å². The van der Waals surface area contributed by atoms with E-state index in [-0.39, 0.29) is 0 Å². The van der Waals surface area contributed by atoms with Gasteiger partial charge in [-0.3, -0.25) is 0 Å². The average Bonchev–Trinajstić information content (AvgIpc) is 2.44. The van der Waals surface area contributed by atoms with Crippen molar-refractivity contribution >= 4 is 8.07 Å². The second-order valence-corrected chi connectivity index (χ2v) is 11.4. The summed E-state index contributed by atoms with van der Waals surface area (Å²) in [5.74, 6) is 0. The fraction of sp³-hybridized carbons (Fsp3) is 1.00. The van der Waals surface area contributed by atoms with Gasteiger partial charge in [0.05, 0.1) is 8.07 Å². The van der Waals surface area contributed by atoms with Crippen LogP contribution in [0.3, 0.4) is 0 Å². The van der Waals surface area contributed by atoms with Crippen molar-refractivity contribution in [1.82, 2.24) is 0 Å². The van der Waals surface area contributed by atoms with Gasteiger partial charge in [0.2, 0.25) is 0 Å². The van der Waals surface area contributed by atoms with Crippen LogP contribution in [-0.4, -0.2) is 14.6 Å². The summed E-state index contributed by atoms with van der Waals surface area (Å²) in [6.07, 6.45) is 12.7. The van der Waals surface area contributed by atoms with Crippen molar-refractivity contribution in [2.24, 2.45) is 5.73 Å². The van der Waals surface area contributed by atoms with Gasteiger partial charge < -0.3 is 5.73 Å². The minimum Gasteiger partial charge on any atom is -0.330 e. The first-order valence-electron chi connectivity index (χ1n) is 8.94. The summed E-state index contributed by atoms with van der Waals surface area (Å²) < 4.78 is 0. The minimum atomic E-state index is -0.949. The number of nitrogens with two attached hydrogens (primary N) is 1. The van der Waals surface area contributed by atoms with Crippen molar-refractivity contribution in [3.63, 3.8) is 0 Å². The fourth-order valence-electron chi connectivity index (χ4n) is 3.23. The molecule has 0 saturated carbocycles. The Morgan fingerprint density at radius 2 is 1.00 bits per heavy atom. The van der Waals surface area contributed by atoms with Crippen LogP contribution in [0.4, 0.5) is 0 Å². The predicted molar refractivity (Wildman–Crippen MR) is 92.6 cm³/mol. The zero-order chi connectivity index (χ0) is 14.4. The Hall–Kier alpha value is 0.177. The Bertz CT molecular complexity index is 160. The molecule has 2 N–H and O–H groups in total. The van der Waals surface area contributed by atoms with Gasteiger partial charge in [-0.15, -0.1) is 0 Å². The Kier molecular flexibility index (Phi) is 13.3. The molecule has 0 fully saturated rings. The van der Waals surface area contributed by atoms with E-state index in [2.05, 4.69) is 20.8 Å². The highest BCUT2D eigenvalue weighted by Crippen LogP contribution is 2.33. The lowest BCUT2D eigenvalue weighted by atomic mass is 10.2. The van der Waals surface area contributed by atoms with Crippen molar-refractivity contribution < 1.29 is 0 Å². The molecule has 0 amide bonds. The van der Waals surface area contributed by atoms with Gasteiger partial charge in [0.25, 0.3) is 0 Å². The van der Waals surface area contributed by atoms with Gasteiger partial charge in [0.1, 0.15) is 0 Å². The molecule has 0 saturated heterocycles. The van der Waals surface area contributed by atoms with Crippen LogP contribution >= 0.6 is 0 Å². The van der Waals surface area contributed by atoms with Crippen LogP contribution in [0.5, 0.6) is 0 Å². The standard InChI is InChI=1S/C17H39NSi/c1-4-7-14-19(15-8-5-2,16-9-6-3)17-12-10-11-13-18/h4-18H2,1-3H3. The summed E-state index contributed by atoms with van der Waals surface area (Å²) >= 11 is 0. The molecule has 116 valence electrons. The van der Waals surface area contributed by atoms with E-state index in [0.29, 0.717) is 0 Å². The first-order chi connectivity index (χ1) is 9.24. The van der Waals surface area contributed by atoms with Gasteiger partial charge in [0.15, 0.2) is 0 Å². The molecule has 0 aromatic carbocycles. The van der Waals surface area contributed by atoms with Crippen LogP contribution < -0.4 is 5.73 Å². The molecule has 0 aromatic rings. The Morgan fingerprint density at radius 1 is 0.579 bits per heavy atom. The number of unbranched alkanes of at least 4 members (excludes halogenated alkanes) is 5. The van der Waals surface area contributed by atoms with Crippen LogP contribution in [0, 0.1) is 0 Å². The van der Waals surface area contributed by atoms with E-state index in [1.807, 2.05) is 0 Å². The third-order valence-corrected chi connectivity index (χ3v) is 10.3. The minimum absolute atomic E-state index is 0.882. The number of hydrogen-bond acceptors (Lipinski definition) is 1. The third kappa shape index (κ3) is 9.67. The van der Waals surface area contributed by atoms with Crippen molar-refractivity contribution in [3.05, 3.63) is 0 Å². The maximum atomic E-state index is 5.63. The van der Waals surface area contributed by atoms with E-state index in [9.17, 15) is 0 Å².